The van der Waals surface area contributed by atoms with Gasteiger partial charge in [-0.25, -0.2) is 0 Å². The summed E-state index contributed by atoms with van der Waals surface area (Å²) in [4.78, 5) is 0. The van der Waals surface area contributed by atoms with Crippen LogP contribution in [0.5, 0.6) is 11.5 Å². The fraction of sp³-hybridized carbons (Fsp3) is 0.255. The molecule has 2 heteroatoms. The van der Waals surface area contributed by atoms with Gasteiger partial charge >= 0.3 is 0 Å². The molecule has 23 rings (SSSR count). The summed E-state index contributed by atoms with van der Waals surface area (Å²) in [5, 5.41) is 0. The maximum atomic E-state index is 7.58. The van der Waals surface area contributed by atoms with Crippen LogP contribution in [0.25, 0.3) is 0 Å². The average Bonchev–Trinajstić information content (AvgIpc) is 0.674. The standard InChI is InChI=1S/C94H78O2/c1-3-5-7-9-11-29-55-95-93-89-81-67-39-21-13-31-59(67)77(60-32-14-22-40-68(60)81)85(89)75(86-78-61-33-15-23-41-69(61)82(90(86)93)70-42-24-16-34-62(70)78)53-51-57-47-49-58(50-48-57)52-54-76-87-79-63-35-17-25-43-71(63)83(72-44-26-18-36-64(72)79)91(87)94(96-56-30-12-10-8-6-4-2)92-84-73-45-27-19-37-65(73)80(88(76)92)66-38-20-28-46-74(66)84/h13-28,31-50,77-84H,3-12,29-30,55-56H2,1-2H3. The predicted octanol–water partition coefficient (Wildman–Crippen LogP) is 21.9. The summed E-state index contributed by atoms with van der Waals surface area (Å²) in [6.07, 6.45) is 14.6. The second-order valence-electron chi connectivity index (χ2n) is 28.5. The molecule has 0 fully saturated rings. The van der Waals surface area contributed by atoms with Crippen LogP contribution in [0.3, 0.4) is 0 Å². The number of hydrogen-bond donors (Lipinski definition) is 0. The van der Waals surface area contributed by atoms with E-state index in [1.54, 1.807) is 0 Å². The molecule has 11 aromatic carbocycles. The van der Waals surface area contributed by atoms with Crippen LogP contribution in [-0.2, 0) is 0 Å². The highest BCUT2D eigenvalue weighted by Crippen LogP contribution is 2.68. The third-order valence-electron chi connectivity index (χ3n) is 23.5. The topological polar surface area (TPSA) is 18.5 Å². The van der Waals surface area contributed by atoms with Crippen molar-refractivity contribution in [3.63, 3.8) is 0 Å². The van der Waals surface area contributed by atoms with Gasteiger partial charge in [0.05, 0.1) is 13.2 Å². The highest BCUT2D eigenvalue weighted by Gasteiger charge is 2.54. The van der Waals surface area contributed by atoms with E-state index < -0.39 is 0 Å². The molecule has 0 heterocycles. The van der Waals surface area contributed by atoms with Gasteiger partial charge < -0.3 is 9.47 Å². The summed E-state index contributed by atoms with van der Waals surface area (Å²) >= 11 is 0. The van der Waals surface area contributed by atoms with Crippen molar-refractivity contribution >= 4 is 0 Å². The molecule has 8 bridgehead atoms. The summed E-state index contributed by atoms with van der Waals surface area (Å²) in [5.74, 6) is 18.4. The minimum atomic E-state index is 0.0128. The van der Waals surface area contributed by atoms with Crippen LogP contribution < -0.4 is 9.47 Å². The first-order chi connectivity index (χ1) is 47.7. The molecule has 12 aliphatic rings. The van der Waals surface area contributed by atoms with E-state index in [0.717, 1.165) is 35.5 Å². The van der Waals surface area contributed by atoms with E-state index in [9.17, 15) is 0 Å². The lowest BCUT2D eigenvalue weighted by Gasteiger charge is -2.48. The van der Waals surface area contributed by atoms with Gasteiger partial charge in [-0.05, 0) is 148 Å². The Bertz CT molecular complexity index is 4360. The van der Waals surface area contributed by atoms with E-state index >= 15 is 0 Å². The van der Waals surface area contributed by atoms with Crippen LogP contribution in [0.2, 0.25) is 0 Å². The molecule has 11 aromatic rings. The molecule has 0 saturated heterocycles. The molecule has 466 valence electrons. The van der Waals surface area contributed by atoms with E-state index in [1.165, 1.54) is 209 Å². The lowest BCUT2D eigenvalue weighted by atomic mass is 9.54. The zero-order chi connectivity index (χ0) is 63.5. The predicted molar refractivity (Wildman–Crippen MR) is 388 cm³/mol. The molecule has 12 aliphatic carbocycles. The van der Waals surface area contributed by atoms with Crippen LogP contribution >= 0.6 is 0 Å². The van der Waals surface area contributed by atoms with Crippen molar-refractivity contribution in [2.24, 2.45) is 0 Å². The first-order valence-corrected chi connectivity index (χ1v) is 36.3. The van der Waals surface area contributed by atoms with E-state index in [-0.39, 0.29) is 47.3 Å². The van der Waals surface area contributed by atoms with E-state index in [1.807, 2.05) is 0 Å². The van der Waals surface area contributed by atoms with Crippen molar-refractivity contribution in [3.05, 3.63) is 374 Å². The molecule has 0 aliphatic heterocycles. The third-order valence-corrected chi connectivity index (χ3v) is 23.5. The van der Waals surface area contributed by atoms with Gasteiger partial charge in [-0.15, -0.1) is 0 Å². The molecule has 0 atom stereocenters. The third kappa shape index (κ3) is 8.59. The molecule has 0 N–H and O–H groups in total. The van der Waals surface area contributed by atoms with Crippen LogP contribution in [-0.4, -0.2) is 13.2 Å². The number of unbranched alkanes of at least 4 members (excludes halogenated alkanes) is 10. The lowest BCUT2D eigenvalue weighted by molar-refractivity contribution is 0.295. The fourth-order valence-electron chi connectivity index (χ4n) is 19.7. The SMILES string of the molecule is CCCCCCCCOc1c2c(c(C#Cc3ccc(C#Cc4c5c(c(OCCCCCCCC)c6c4C4c7ccccc7C6c6ccccc64)C4c6ccccc6C5c5ccccc54)cc3)c3c1C1c4ccccc4C3c3ccccc31)C1c3ccccc3C2c2ccccc21. The van der Waals surface area contributed by atoms with Gasteiger partial charge in [-0.2, -0.15) is 0 Å². The Balaban J connectivity index is 0.782. The Morgan fingerprint density at radius 2 is 0.406 bits per heavy atom. The van der Waals surface area contributed by atoms with E-state index in [2.05, 4.69) is 256 Å². The Morgan fingerprint density at radius 3 is 0.615 bits per heavy atom. The summed E-state index contributed by atoms with van der Waals surface area (Å²) in [5.41, 5.74) is 37.3. The highest BCUT2D eigenvalue weighted by atomic mass is 16.5. The number of ether oxygens (including phenoxy) is 2. The molecule has 0 radical (unpaired) electrons. The number of benzene rings is 11. The molecule has 2 nitrogen and oxygen atoms in total. The van der Waals surface area contributed by atoms with Crippen molar-refractivity contribution in [1.29, 1.82) is 0 Å². The van der Waals surface area contributed by atoms with Crippen LogP contribution in [0.15, 0.2) is 218 Å². The second-order valence-corrected chi connectivity index (χ2v) is 28.5. The Labute approximate surface area is 566 Å². The Kier molecular flexibility index (Phi) is 14.1. The molecular weight excluding hydrogens is 1160 g/mol. The number of hydrogen-bond acceptors (Lipinski definition) is 2. The summed E-state index contributed by atoms with van der Waals surface area (Å²) < 4.78 is 15.2. The lowest BCUT2D eigenvalue weighted by Crippen LogP contribution is -2.34. The van der Waals surface area contributed by atoms with Crippen molar-refractivity contribution in [2.45, 2.75) is 138 Å². The monoisotopic (exact) mass is 1240 g/mol. The molecule has 0 spiro atoms. The smallest absolute Gasteiger partial charge is 0.128 e. The molecule has 0 aromatic heterocycles. The largest absolute Gasteiger partial charge is 0.493 e. The van der Waals surface area contributed by atoms with Crippen molar-refractivity contribution in [1.82, 2.24) is 0 Å². The molecule has 0 saturated carbocycles. The van der Waals surface area contributed by atoms with E-state index in [0.29, 0.717) is 13.2 Å². The maximum Gasteiger partial charge on any atom is 0.128 e. The summed E-state index contributed by atoms with van der Waals surface area (Å²) in [7, 11) is 0. The van der Waals surface area contributed by atoms with Crippen LogP contribution in [0, 0.1) is 23.7 Å². The van der Waals surface area contributed by atoms with Crippen molar-refractivity contribution in [2.75, 3.05) is 13.2 Å². The van der Waals surface area contributed by atoms with Gasteiger partial charge in [0.2, 0.25) is 0 Å². The molecular formula is C94H78O2. The summed E-state index contributed by atoms with van der Waals surface area (Å²) in [6.45, 7) is 6.00. The minimum Gasteiger partial charge on any atom is -0.493 e. The first-order valence-electron chi connectivity index (χ1n) is 36.3. The molecule has 96 heavy (non-hydrogen) atoms. The van der Waals surface area contributed by atoms with Gasteiger partial charge in [0.1, 0.15) is 11.5 Å². The minimum absolute atomic E-state index is 0.0128. The fourth-order valence-corrected chi connectivity index (χ4v) is 19.7. The molecule has 0 amide bonds. The summed E-state index contributed by atoms with van der Waals surface area (Å²) in [6, 6.07) is 83.1. The highest BCUT2D eigenvalue weighted by molar-refractivity contribution is 5.85. The quantitative estimate of drug-likeness (QED) is 0.0709. The van der Waals surface area contributed by atoms with Gasteiger partial charge in [-0.1, -0.05) is 296 Å². The zero-order valence-electron chi connectivity index (χ0n) is 55.1. The number of rotatable bonds is 16. The van der Waals surface area contributed by atoms with Gasteiger partial charge in [0.15, 0.2) is 0 Å². The second kappa shape index (κ2) is 23.5. The van der Waals surface area contributed by atoms with E-state index in [4.69, 9.17) is 9.47 Å². The van der Waals surface area contributed by atoms with Crippen molar-refractivity contribution < 1.29 is 9.47 Å². The van der Waals surface area contributed by atoms with Crippen LogP contribution in [0.4, 0.5) is 0 Å². The first kappa shape index (κ1) is 57.6. The van der Waals surface area contributed by atoms with Crippen LogP contribution in [0.1, 0.15) is 294 Å². The molecule has 0 unspecified atom stereocenters. The average molecular weight is 1240 g/mol. The van der Waals surface area contributed by atoms with Gasteiger partial charge in [0.25, 0.3) is 0 Å². The Hall–Kier alpha value is -9.86. The van der Waals surface area contributed by atoms with Crippen molar-refractivity contribution in [3.8, 4) is 35.2 Å². The maximum absolute atomic E-state index is 7.58. The Morgan fingerprint density at radius 1 is 0.219 bits per heavy atom. The van der Waals surface area contributed by atoms with Gasteiger partial charge in [0, 0.05) is 91.9 Å². The zero-order valence-corrected chi connectivity index (χ0v) is 55.1. The van der Waals surface area contributed by atoms with Gasteiger partial charge in [-0.3, -0.25) is 0 Å². The normalized spacial score (nSPS) is 19.8.